The maximum Gasteiger partial charge on any atom is 0.248 e. The van der Waals surface area contributed by atoms with E-state index in [4.69, 9.17) is 14.9 Å². The number of benzene rings is 2. The van der Waals surface area contributed by atoms with Crippen LogP contribution in [0.1, 0.15) is 37.0 Å². The molecule has 0 fully saturated rings. The molecule has 30 heavy (non-hydrogen) atoms. The predicted molar refractivity (Wildman–Crippen MR) is 112 cm³/mol. The number of aryl methyl sites for hydroxylation is 1. The number of fused-ring (bicyclic) bond motifs is 1. The van der Waals surface area contributed by atoms with Crippen molar-refractivity contribution in [1.82, 2.24) is 10.2 Å². The first-order valence-electron chi connectivity index (χ1n) is 9.97. The second-order valence-corrected chi connectivity index (χ2v) is 8.08. The van der Waals surface area contributed by atoms with Gasteiger partial charge >= 0.3 is 0 Å². The van der Waals surface area contributed by atoms with E-state index in [0.717, 1.165) is 24.0 Å². The number of hydrogen-bond donors (Lipinski definition) is 2. The van der Waals surface area contributed by atoms with Crippen LogP contribution in [0.3, 0.4) is 0 Å². The molecule has 0 radical (unpaired) electrons. The summed E-state index contributed by atoms with van der Waals surface area (Å²) < 4.78 is 11.6. The molecule has 7 nitrogen and oxygen atoms in total. The number of aromatic nitrogens is 2. The van der Waals surface area contributed by atoms with Crippen molar-refractivity contribution in [3.63, 3.8) is 0 Å². The van der Waals surface area contributed by atoms with E-state index in [9.17, 15) is 10.4 Å². The molecule has 2 aromatic carbocycles. The van der Waals surface area contributed by atoms with Crippen molar-refractivity contribution in [2.24, 2.45) is 5.73 Å². The van der Waals surface area contributed by atoms with Gasteiger partial charge in [-0.25, -0.2) is 0 Å². The lowest BCUT2D eigenvalue weighted by Crippen LogP contribution is -2.48. The quantitative estimate of drug-likeness (QED) is 0.670. The first kappa shape index (κ1) is 20.1. The first-order chi connectivity index (χ1) is 14.4. The van der Waals surface area contributed by atoms with Gasteiger partial charge in [-0.2, -0.15) is 5.26 Å². The normalized spacial score (nSPS) is 18.1. The van der Waals surface area contributed by atoms with Crippen LogP contribution in [0, 0.1) is 11.3 Å². The van der Waals surface area contributed by atoms with Crippen LogP contribution in [0.25, 0.3) is 22.9 Å². The maximum absolute atomic E-state index is 9.60. The SMILES string of the molecule is CC(C)Oc1ccc(-c2nnc(-c3ccc4c(c3)CC(N)(CO)CC4)o2)cc1C#N. The highest BCUT2D eigenvalue weighted by molar-refractivity contribution is 5.63. The van der Waals surface area contributed by atoms with Crippen LogP contribution >= 0.6 is 0 Å². The number of nitriles is 1. The van der Waals surface area contributed by atoms with Crippen LogP contribution in [0.4, 0.5) is 0 Å². The van der Waals surface area contributed by atoms with Crippen molar-refractivity contribution in [3.05, 3.63) is 53.1 Å². The zero-order valence-corrected chi connectivity index (χ0v) is 17.1. The summed E-state index contributed by atoms with van der Waals surface area (Å²) >= 11 is 0. The van der Waals surface area contributed by atoms with Crippen LogP contribution in [0.2, 0.25) is 0 Å². The molecule has 0 saturated heterocycles. The highest BCUT2D eigenvalue weighted by Crippen LogP contribution is 2.32. The minimum Gasteiger partial charge on any atom is -0.490 e. The number of nitrogens with two attached hydrogens (primary N) is 1. The lowest BCUT2D eigenvalue weighted by Gasteiger charge is -2.33. The average Bonchev–Trinajstić information content (AvgIpc) is 3.23. The minimum absolute atomic E-state index is 0.0277. The molecule has 0 spiro atoms. The van der Waals surface area contributed by atoms with E-state index >= 15 is 0 Å². The molecule has 1 unspecified atom stereocenters. The molecule has 1 heterocycles. The second-order valence-electron chi connectivity index (χ2n) is 8.08. The minimum atomic E-state index is -0.584. The standard InChI is InChI=1S/C23H24N4O3/c1-14(2)29-20-6-5-17(10-19(20)12-24)22-27-26-21(30-22)16-4-3-15-7-8-23(25,13-28)11-18(15)9-16/h3-6,9-10,14,28H,7-8,11,13,25H2,1-2H3. The van der Waals surface area contributed by atoms with Gasteiger partial charge in [-0.05, 0) is 74.6 Å². The van der Waals surface area contributed by atoms with Gasteiger partial charge in [-0.15, -0.1) is 10.2 Å². The van der Waals surface area contributed by atoms with E-state index in [1.165, 1.54) is 5.56 Å². The summed E-state index contributed by atoms with van der Waals surface area (Å²) in [5.74, 6) is 1.25. The van der Waals surface area contributed by atoms with Crippen molar-refractivity contribution in [3.8, 4) is 34.7 Å². The largest absolute Gasteiger partial charge is 0.490 e. The molecule has 1 atom stereocenters. The Morgan fingerprint density at radius 1 is 1.17 bits per heavy atom. The lowest BCUT2D eigenvalue weighted by molar-refractivity contribution is 0.181. The number of ether oxygens (including phenoxy) is 1. The van der Waals surface area contributed by atoms with E-state index in [0.29, 0.717) is 35.1 Å². The molecule has 3 aromatic rings. The van der Waals surface area contributed by atoms with Crippen molar-refractivity contribution in [2.45, 2.75) is 44.8 Å². The summed E-state index contributed by atoms with van der Waals surface area (Å²) in [7, 11) is 0. The zero-order chi connectivity index (χ0) is 21.3. The summed E-state index contributed by atoms with van der Waals surface area (Å²) in [4.78, 5) is 0. The Balaban J connectivity index is 1.63. The maximum atomic E-state index is 9.60. The fourth-order valence-electron chi connectivity index (χ4n) is 3.72. The molecule has 3 N–H and O–H groups in total. The Hall–Kier alpha value is -3.21. The second kappa shape index (κ2) is 7.90. The van der Waals surface area contributed by atoms with Gasteiger partial charge in [0.05, 0.1) is 18.3 Å². The zero-order valence-electron chi connectivity index (χ0n) is 17.1. The highest BCUT2D eigenvalue weighted by atomic mass is 16.5. The molecule has 1 aromatic heterocycles. The Labute approximate surface area is 175 Å². The van der Waals surface area contributed by atoms with Gasteiger partial charge in [-0.1, -0.05) is 6.07 Å². The van der Waals surface area contributed by atoms with Crippen LogP contribution < -0.4 is 10.5 Å². The summed E-state index contributed by atoms with van der Waals surface area (Å²) in [6, 6.07) is 13.4. The van der Waals surface area contributed by atoms with Crippen LogP contribution in [0.15, 0.2) is 40.8 Å². The van der Waals surface area contributed by atoms with Crippen molar-refractivity contribution in [2.75, 3.05) is 6.61 Å². The van der Waals surface area contributed by atoms with Gasteiger partial charge in [0.25, 0.3) is 0 Å². The fraction of sp³-hybridized carbons (Fsp3) is 0.348. The van der Waals surface area contributed by atoms with E-state index in [-0.39, 0.29) is 12.7 Å². The third kappa shape index (κ3) is 3.92. The Morgan fingerprint density at radius 3 is 2.53 bits per heavy atom. The van der Waals surface area contributed by atoms with Gasteiger partial charge in [0, 0.05) is 16.7 Å². The number of rotatable bonds is 5. The molecule has 4 rings (SSSR count). The smallest absolute Gasteiger partial charge is 0.248 e. The Kier molecular flexibility index (Phi) is 5.29. The van der Waals surface area contributed by atoms with Gasteiger partial charge in [0.15, 0.2) is 0 Å². The molecule has 0 bridgehead atoms. The molecule has 0 saturated carbocycles. The molecular formula is C23H24N4O3. The average molecular weight is 404 g/mol. The van der Waals surface area contributed by atoms with E-state index in [2.05, 4.69) is 22.3 Å². The molecule has 0 aliphatic heterocycles. The Bertz CT molecular complexity index is 1120. The van der Waals surface area contributed by atoms with E-state index < -0.39 is 5.54 Å². The van der Waals surface area contributed by atoms with Gasteiger partial charge in [0.2, 0.25) is 11.8 Å². The number of nitrogens with zero attached hydrogens (tertiary/aromatic N) is 3. The topological polar surface area (TPSA) is 118 Å². The number of aliphatic hydroxyl groups is 1. The summed E-state index contributed by atoms with van der Waals surface area (Å²) in [6.45, 7) is 3.78. The summed E-state index contributed by atoms with van der Waals surface area (Å²) in [6.07, 6.45) is 2.18. The lowest BCUT2D eigenvalue weighted by atomic mass is 9.78. The fourth-order valence-corrected chi connectivity index (χ4v) is 3.72. The summed E-state index contributed by atoms with van der Waals surface area (Å²) in [5.41, 5.74) is 9.88. The number of hydrogen-bond acceptors (Lipinski definition) is 7. The number of aliphatic hydroxyl groups excluding tert-OH is 1. The first-order valence-corrected chi connectivity index (χ1v) is 9.97. The Morgan fingerprint density at radius 2 is 1.87 bits per heavy atom. The third-order valence-electron chi connectivity index (χ3n) is 5.34. The van der Waals surface area contributed by atoms with Gasteiger partial charge in [-0.3, -0.25) is 0 Å². The molecule has 154 valence electrons. The van der Waals surface area contributed by atoms with Crippen molar-refractivity contribution >= 4 is 0 Å². The monoisotopic (exact) mass is 404 g/mol. The summed E-state index contributed by atoms with van der Waals surface area (Å²) in [5, 5.41) is 27.4. The van der Waals surface area contributed by atoms with Crippen molar-refractivity contribution in [1.29, 1.82) is 5.26 Å². The van der Waals surface area contributed by atoms with E-state index in [1.54, 1.807) is 18.2 Å². The van der Waals surface area contributed by atoms with Gasteiger partial charge in [0.1, 0.15) is 11.8 Å². The molecule has 0 amide bonds. The van der Waals surface area contributed by atoms with Crippen LogP contribution in [0.5, 0.6) is 5.75 Å². The van der Waals surface area contributed by atoms with E-state index in [1.807, 2.05) is 26.0 Å². The van der Waals surface area contributed by atoms with Crippen molar-refractivity contribution < 1.29 is 14.3 Å². The molecule has 1 aliphatic carbocycles. The molecule has 1 aliphatic rings. The highest BCUT2D eigenvalue weighted by Gasteiger charge is 2.30. The van der Waals surface area contributed by atoms with Crippen LogP contribution in [-0.2, 0) is 12.8 Å². The molecule has 7 heteroatoms. The van der Waals surface area contributed by atoms with Gasteiger partial charge < -0.3 is 20.0 Å². The third-order valence-corrected chi connectivity index (χ3v) is 5.34. The van der Waals surface area contributed by atoms with Crippen LogP contribution in [-0.4, -0.2) is 33.6 Å². The molecular weight excluding hydrogens is 380 g/mol. The predicted octanol–water partition coefficient (Wildman–Crippen LogP) is 3.24.